The number of nitrogens with zero attached hydrogens (tertiary/aromatic N) is 1. The molecule has 2 N–H and O–H groups in total. The second kappa shape index (κ2) is 3.56. The van der Waals surface area contributed by atoms with Gasteiger partial charge in [-0.05, 0) is 6.07 Å². The Morgan fingerprint density at radius 2 is 2.20 bits per heavy atom. The lowest BCUT2D eigenvalue weighted by molar-refractivity contribution is -0.383. The molecular weight excluding hydrogens is 198 g/mol. The quantitative estimate of drug-likeness (QED) is 0.537. The first kappa shape index (κ1) is 9.45. The van der Waals surface area contributed by atoms with Gasteiger partial charge in [0, 0.05) is 19.0 Å². The molecule has 1 aromatic rings. The lowest BCUT2D eigenvalue weighted by Gasteiger charge is -2.06. The third-order valence-corrected chi connectivity index (χ3v) is 2.17. The number of para-hydroxylation sites is 1. The Labute approximate surface area is 85.4 Å². The van der Waals surface area contributed by atoms with Gasteiger partial charge in [0.05, 0.1) is 10.6 Å². The molecule has 0 spiro atoms. The van der Waals surface area contributed by atoms with Crippen LogP contribution in [0.25, 0.3) is 0 Å². The number of carbonyl (C=O) groups is 1. The zero-order valence-electron chi connectivity index (χ0n) is 7.82. The zero-order chi connectivity index (χ0) is 10.8. The molecule has 0 saturated carbocycles. The van der Waals surface area contributed by atoms with Gasteiger partial charge < -0.3 is 10.6 Å². The summed E-state index contributed by atoms with van der Waals surface area (Å²) in [5.41, 5.74) is 0.760. The maximum atomic E-state index is 11.2. The molecule has 2 rings (SSSR count). The van der Waals surface area contributed by atoms with Gasteiger partial charge in [-0.25, -0.2) is 0 Å². The normalized spacial score (nSPS) is 14.5. The Morgan fingerprint density at radius 1 is 1.40 bits per heavy atom. The van der Waals surface area contributed by atoms with Crippen molar-refractivity contribution < 1.29 is 9.72 Å². The summed E-state index contributed by atoms with van der Waals surface area (Å²) in [7, 11) is 0. The van der Waals surface area contributed by atoms with Crippen molar-refractivity contribution in [3.8, 4) is 0 Å². The number of carbonyl (C=O) groups excluding carboxylic acids is 1. The highest BCUT2D eigenvalue weighted by molar-refractivity contribution is 5.99. The minimum Gasteiger partial charge on any atom is -0.383 e. The van der Waals surface area contributed by atoms with E-state index in [9.17, 15) is 14.9 Å². The van der Waals surface area contributed by atoms with Crippen LogP contribution in [0.2, 0.25) is 0 Å². The molecule has 0 bridgehead atoms. The monoisotopic (exact) mass is 207 g/mol. The zero-order valence-corrected chi connectivity index (χ0v) is 7.82. The minimum atomic E-state index is -0.508. The van der Waals surface area contributed by atoms with Gasteiger partial charge in [-0.1, -0.05) is 6.07 Å². The summed E-state index contributed by atoms with van der Waals surface area (Å²) >= 11 is 0. The van der Waals surface area contributed by atoms with Crippen molar-refractivity contribution in [1.29, 1.82) is 0 Å². The van der Waals surface area contributed by atoms with Crippen molar-refractivity contribution in [1.82, 2.24) is 0 Å². The van der Waals surface area contributed by atoms with Gasteiger partial charge in [0.15, 0.2) is 0 Å². The molecule has 0 radical (unpaired) electrons. The fourth-order valence-corrected chi connectivity index (χ4v) is 1.48. The average molecular weight is 207 g/mol. The molecule has 6 heteroatoms. The molecule has 15 heavy (non-hydrogen) atoms. The van der Waals surface area contributed by atoms with Crippen molar-refractivity contribution in [3.63, 3.8) is 0 Å². The summed E-state index contributed by atoms with van der Waals surface area (Å²) in [6, 6.07) is 4.65. The van der Waals surface area contributed by atoms with Crippen LogP contribution in [-0.4, -0.2) is 17.4 Å². The van der Waals surface area contributed by atoms with Crippen LogP contribution in [0.1, 0.15) is 6.42 Å². The van der Waals surface area contributed by atoms with Crippen LogP contribution in [0.5, 0.6) is 0 Å². The molecule has 0 unspecified atom stereocenters. The molecule has 0 saturated heterocycles. The van der Waals surface area contributed by atoms with Crippen LogP contribution >= 0.6 is 0 Å². The maximum absolute atomic E-state index is 11.2. The van der Waals surface area contributed by atoms with Crippen molar-refractivity contribution in [2.24, 2.45) is 0 Å². The smallest absolute Gasteiger partial charge is 0.294 e. The number of nitrogens with one attached hydrogen (secondary N) is 2. The molecule has 0 atom stereocenters. The molecule has 0 aliphatic carbocycles. The van der Waals surface area contributed by atoms with Crippen molar-refractivity contribution in [2.75, 3.05) is 17.2 Å². The van der Waals surface area contributed by atoms with E-state index in [4.69, 9.17) is 0 Å². The molecule has 1 amide bonds. The summed E-state index contributed by atoms with van der Waals surface area (Å²) in [4.78, 5) is 21.5. The highest BCUT2D eigenvalue weighted by Gasteiger charge is 2.21. The van der Waals surface area contributed by atoms with Gasteiger partial charge in [0.1, 0.15) is 5.69 Å². The van der Waals surface area contributed by atoms with Crippen LogP contribution in [0, 0.1) is 10.1 Å². The van der Waals surface area contributed by atoms with E-state index in [1.165, 1.54) is 6.07 Å². The molecule has 0 fully saturated rings. The first-order valence-corrected chi connectivity index (χ1v) is 4.49. The van der Waals surface area contributed by atoms with Gasteiger partial charge in [-0.15, -0.1) is 0 Å². The van der Waals surface area contributed by atoms with E-state index >= 15 is 0 Å². The van der Waals surface area contributed by atoms with E-state index in [0.29, 0.717) is 18.7 Å². The lowest BCUT2D eigenvalue weighted by atomic mass is 10.2. The predicted octanol–water partition coefficient (Wildman–Crippen LogP) is 1.35. The van der Waals surface area contributed by atoms with E-state index in [2.05, 4.69) is 10.6 Å². The number of anilines is 2. The van der Waals surface area contributed by atoms with Gasteiger partial charge >= 0.3 is 0 Å². The Balaban J connectivity index is 2.52. The van der Waals surface area contributed by atoms with Crippen molar-refractivity contribution in [2.45, 2.75) is 6.42 Å². The number of fused-ring (bicyclic) bond motifs is 1. The Hall–Kier alpha value is -2.11. The Bertz CT molecular complexity index is 431. The molecular formula is C9H9N3O3. The number of benzene rings is 1. The third-order valence-electron chi connectivity index (χ3n) is 2.17. The van der Waals surface area contributed by atoms with Crippen LogP contribution in [-0.2, 0) is 4.79 Å². The SMILES string of the molecule is O=C1CCNc2cccc([N+](=O)[O-])c2N1. The largest absolute Gasteiger partial charge is 0.383 e. The first-order valence-electron chi connectivity index (χ1n) is 4.49. The minimum absolute atomic E-state index is 0.0877. The van der Waals surface area contributed by atoms with Gasteiger partial charge in [-0.3, -0.25) is 14.9 Å². The number of rotatable bonds is 1. The molecule has 1 aliphatic heterocycles. The number of amides is 1. The van der Waals surface area contributed by atoms with Crippen LogP contribution in [0.4, 0.5) is 17.1 Å². The van der Waals surface area contributed by atoms with Crippen LogP contribution in [0.3, 0.4) is 0 Å². The lowest BCUT2D eigenvalue weighted by Crippen LogP contribution is -2.11. The fraction of sp³-hybridized carbons (Fsp3) is 0.222. The Kier molecular flexibility index (Phi) is 2.24. The van der Waals surface area contributed by atoms with E-state index in [0.717, 1.165) is 0 Å². The van der Waals surface area contributed by atoms with E-state index in [1.54, 1.807) is 12.1 Å². The average Bonchev–Trinajstić information content (AvgIpc) is 2.37. The fourth-order valence-electron chi connectivity index (χ4n) is 1.48. The molecule has 1 heterocycles. The third kappa shape index (κ3) is 1.74. The van der Waals surface area contributed by atoms with Gasteiger partial charge in [0.2, 0.25) is 5.91 Å². The number of nitro groups is 1. The molecule has 1 aromatic carbocycles. The highest BCUT2D eigenvalue weighted by atomic mass is 16.6. The summed E-state index contributed by atoms with van der Waals surface area (Å²) in [5.74, 6) is -0.212. The molecule has 0 aromatic heterocycles. The maximum Gasteiger partial charge on any atom is 0.294 e. The van der Waals surface area contributed by atoms with Gasteiger partial charge in [0.25, 0.3) is 5.69 Å². The van der Waals surface area contributed by atoms with Gasteiger partial charge in [-0.2, -0.15) is 0 Å². The summed E-state index contributed by atoms with van der Waals surface area (Å²) in [6.07, 6.45) is 0.311. The summed E-state index contributed by atoms with van der Waals surface area (Å²) < 4.78 is 0. The highest BCUT2D eigenvalue weighted by Crippen LogP contribution is 2.33. The number of hydrogen-bond acceptors (Lipinski definition) is 4. The topological polar surface area (TPSA) is 84.3 Å². The van der Waals surface area contributed by atoms with Crippen LogP contribution < -0.4 is 10.6 Å². The van der Waals surface area contributed by atoms with E-state index < -0.39 is 4.92 Å². The molecule has 6 nitrogen and oxygen atoms in total. The molecule has 78 valence electrons. The van der Waals surface area contributed by atoms with Crippen molar-refractivity contribution in [3.05, 3.63) is 28.3 Å². The molecule has 1 aliphatic rings. The predicted molar refractivity (Wildman–Crippen MR) is 54.8 cm³/mol. The van der Waals surface area contributed by atoms with Crippen LogP contribution in [0.15, 0.2) is 18.2 Å². The second-order valence-corrected chi connectivity index (χ2v) is 3.18. The number of hydrogen-bond donors (Lipinski definition) is 2. The summed E-state index contributed by atoms with van der Waals surface area (Å²) in [5, 5.41) is 16.2. The summed E-state index contributed by atoms with van der Waals surface area (Å²) in [6.45, 7) is 0.486. The first-order chi connectivity index (χ1) is 7.18. The Morgan fingerprint density at radius 3 is 2.93 bits per heavy atom. The number of nitro benzene ring substituents is 1. The van der Waals surface area contributed by atoms with E-state index in [-0.39, 0.29) is 17.3 Å². The standard InChI is InChI=1S/C9H9N3O3/c13-8-4-5-10-6-2-1-3-7(12(14)15)9(6)11-8/h1-3,10H,4-5H2,(H,11,13). The van der Waals surface area contributed by atoms with E-state index in [1.807, 2.05) is 0 Å². The van der Waals surface area contributed by atoms with Crippen molar-refractivity contribution >= 4 is 23.0 Å². The second-order valence-electron chi connectivity index (χ2n) is 3.18.